The molecule has 6 nitrogen and oxygen atoms in total. The number of nitrogens with zero attached hydrogens (tertiary/aromatic N) is 4. The van der Waals surface area contributed by atoms with Crippen molar-refractivity contribution in [2.75, 3.05) is 13.1 Å². The van der Waals surface area contributed by atoms with Crippen LogP contribution in [-0.2, 0) is 11.3 Å². The standard InChI is InChI=1S/C18H33N5O/c1-13(11-23-16(4)19-15(3)21-23)17(24)20-18(5,6)12-22-10-8-7-9-14(22)2/h13-14H,7-12H2,1-6H3,(H,20,24)/t13-,14-/m0/s1. The monoisotopic (exact) mass is 335 g/mol. The van der Waals surface area contributed by atoms with Gasteiger partial charge in [0.1, 0.15) is 11.6 Å². The fourth-order valence-electron chi connectivity index (χ4n) is 3.47. The molecule has 2 heterocycles. The number of aryl methyl sites for hydroxylation is 2. The molecule has 0 spiro atoms. The first kappa shape index (κ1) is 18.9. The first-order valence-electron chi connectivity index (χ1n) is 9.12. The zero-order valence-corrected chi connectivity index (χ0v) is 16.1. The molecule has 1 aromatic heterocycles. The molecule has 6 heteroatoms. The SMILES string of the molecule is Cc1nc(C)n(C[C@H](C)C(=O)NC(C)(C)CN2CCCC[C@@H]2C)n1. The van der Waals surface area contributed by atoms with Crippen LogP contribution in [0.25, 0.3) is 0 Å². The molecule has 0 bridgehead atoms. The van der Waals surface area contributed by atoms with Crippen molar-refractivity contribution in [2.45, 2.75) is 78.9 Å². The third-order valence-electron chi connectivity index (χ3n) is 4.86. The molecule has 0 aliphatic carbocycles. The van der Waals surface area contributed by atoms with Crippen molar-refractivity contribution in [1.29, 1.82) is 0 Å². The fourth-order valence-corrected chi connectivity index (χ4v) is 3.47. The van der Waals surface area contributed by atoms with Gasteiger partial charge in [0.25, 0.3) is 0 Å². The second-order valence-corrected chi connectivity index (χ2v) is 7.98. The van der Waals surface area contributed by atoms with Crippen LogP contribution in [0.2, 0.25) is 0 Å². The summed E-state index contributed by atoms with van der Waals surface area (Å²) in [6.45, 7) is 14.9. The number of carbonyl (C=O) groups excluding carboxylic acids is 1. The van der Waals surface area contributed by atoms with Gasteiger partial charge in [0, 0.05) is 18.1 Å². The van der Waals surface area contributed by atoms with E-state index in [1.807, 2.05) is 25.5 Å². The summed E-state index contributed by atoms with van der Waals surface area (Å²) in [5.74, 6) is 1.55. The van der Waals surface area contributed by atoms with E-state index < -0.39 is 0 Å². The van der Waals surface area contributed by atoms with Crippen LogP contribution in [0, 0.1) is 19.8 Å². The van der Waals surface area contributed by atoms with Gasteiger partial charge in [0.2, 0.25) is 5.91 Å². The summed E-state index contributed by atoms with van der Waals surface area (Å²) in [7, 11) is 0. The normalized spacial score (nSPS) is 20.8. The molecular weight excluding hydrogens is 302 g/mol. The predicted octanol–water partition coefficient (Wildman–Crippen LogP) is 2.30. The average Bonchev–Trinajstić information content (AvgIpc) is 2.78. The first-order valence-corrected chi connectivity index (χ1v) is 9.12. The van der Waals surface area contributed by atoms with Gasteiger partial charge in [0.15, 0.2) is 0 Å². The average molecular weight is 335 g/mol. The summed E-state index contributed by atoms with van der Waals surface area (Å²) in [4.78, 5) is 19.4. The Morgan fingerprint density at radius 1 is 1.38 bits per heavy atom. The second kappa shape index (κ2) is 7.64. The minimum absolute atomic E-state index is 0.0808. The van der Waals surface area contributed by atoms with Gasteiger partial charge < -0.3 is 5.32 Å². The highest BCUT2D eigenvalue weighted by molar-refractivity contribution is 5.78. The van der Waals surface area contributed by atoms with Crippen molar-refractivity contribution < 1.29 is 4.79 Å². The number of aromatic nitrogens is 3. The Bertz CT molecular complexity index is 566. The van der Waals surface area contributed by atoms with Crippen LogP contribution < -0.4 is 5.32 Å². The quantitative estimate of drug-likeness (QED) is 0.866. The molecular formula is C18H33N5O. The molecule has 24 heavy (non-hydrogen) atoms. The lowest BCUT2D eigenvalue weighted by Gasteiger charge is -2.39. The molecule has 0 radical (unpaired) electrons. The minimum atomic E-state index is -0.232. The highest BCUT2D eigenvalue weighted by Gasteiger charge is 2.29. The third-order valence-corrected chi connectivity index (χ3v) is 4.86. The number of nitrogens with one attached hydrogen (secondary N) is 1. The molecule has 0 unspecified atom stereocenters. The van der Waals surface area contributed by atoms with Crippen molar-refractivity contribution in [1.82, 2.24) is 25.0 Å². The third kappa shape index (κ3) is 5.03. The van der Waals surface area contributed by atoms with Crippen LogP contribution in [0.3, 0.4) is 0 Å². The van der Waals surface area contributed by atoms with Crippen molar-refractivity contribution in [3.63, 3.8) is 0 Å². The zero-order chi connectivity index (χ0) is 17.9. The second-order valence-electron chi connectivity index (χ2n) is 7.98. The molecule has 1 aliphatic rings. The van der Waals surface area contributed by atoms with Crippen molar-refractivity contribution in [3.8, 4) is 0 Å². The molecule has 1 aliphatic heterocycles. The van der Waals surface area contributed by atoms with Crippen LogP contribution in [0.4, 0.5) is 0 Å². The van der Waals surface area contributed by atoms with Crippen LogP contribution in [0.5, 0.6) is 0 Å². The minimum Gasteiger partial charge on any atom is -0.350 e. The van der Waals surface area contributed by atoms with Gasteiger partial charge in [0.05, 0.1) is 12.5 Å². The maximum absolute atomic E-state index is 12.6. The Kier molecular flexibility index (Phi) is 6.01. The summed E-state index contributed by atoms with van der Waals surface area (Å²) >= 11 is 0. The molecule has 0 aromatic carbocycles. The predicted molar refractivity (Wildman–Crippen MR) is 95.8 cm³/mol. The maximum atomic E-state index is 12.6. The van der Waals surface area contributed by atoms with Gasteiger partial charge in [-0.3, -0.25) is 9.69 Å². The topological polar surface area (TPSA) is 63.1 Å². The molecule has 1 fully saturated rings. The zero-order valence-electron chi connectivity index (χ0n) is 16.1. The van der Waals surface area contributed by atoms with Gasteiger partial charge in [-0.25, -0.2) is 9.67 Å². The molecule has 0 saturated carbocycles. The molecule has 2 atom stereocenters. The van der Waals surface area contributed by atoms with E-state index in [1.54, 1.807) is 0 Å². The van der Waals surface area contributed by atoms with Gasteiger partial charge in [-0.2, -0.15) is 5.10 Å². The van der Waals surface area contributed by atoms with Crippen LogP contribution in [0.15, 0.2) is 0 Å². The van der Waals surface area contributed by atoms with E-state index in [1.165, 1.54) is 19.3 Å². The van der Waals surface area contributed by atoms with Crippen LogP contribution in [0.1, 0.15) is 58.6 Å². The Labute approximate surface area is 146 Å². The first-order chi connectivity index (χ1) is 11.2. The lowest BCUT2D eigenvalue weighted by atomic mass is 9.97. The number of carbonyl (C=O) groups is 1. The van der Waals surface area contributed by atoms with Gasteiger partial charge in [-0.1, -0.05) is 13.3 Å². The molecule has 1 N–H and O–H groups in total. The van der Waals surface area contributed by atoms with Crippen LogP contribution >= 0.6 is 0 Å². The maximum Gasteiger partial charge on any atom is 0.225 e. The number of rotatable bonds is 6. The summed E-state index contributed by atoms with van der Waals surface area (Å²) in [6, 6.07) is 0.605. The molecule has 136 valence electrons. The summed E-state index contributed by atoms with van der Waals surface area (Å²) in [5.41, 5.74) is -0.232. The van der Waals surface area contributed by atoms with E-state index in [0.717, 1.165) is 24.7 Å². The Morgan fingerprint density at radius 2 is 2.08 bits per heavy atom. The number of hydrogen-bond acceptors (Lipinski definition) is 4. The number of hydrogen-bond donors (Lipinski definition) is 1. The fraction of sp³-hybridized carbons (Fsp3) is 0.833. The Hall–Kier alpha value is -1.43. The van der Waals surface area contributed by atoms with Crippen molar-refractivity contribution in [3.05, 3.63) is 11.6 Å². The smallest absolute Gasteiger partial charge is 0.225 e. The van der Waals surface area contributed by atoms with Crippen molar-refractivity contribution >= 4 is 5.91 Å². The summed E-state index contributed by atoms with van der Waals surface area (Å²) < 4.78 is 1.82. The van der Waals surface area contributed by atoms with Gasteiger partial charge >= 0.3 is 0 Å². The number of amides is 1. The van der Waals surface area contributed by atoms with E-state index >= 15 is 0 Å². The molecule has 1 saturated heterocycles. The van der Waals surface area contributed by atoms with E-state index in [0.29, 0.717) is 12.6 Å². The van der Waals surface area contributed by atoms with E-state index in [9.17, 15) is 4.79 Å². The molecule has 1 aromatic rings. The molecule has 1 amide bonds. The van der Waals surface area contributed by atoms with E-state index in [2.05, 4.69) is 41.1 Å². The molecule has 2 rings (SSSR count). The number of likely N-dealkylation sites (tertiary alicyclic amines) is 1. The summed E-state index contributed by atoms with van der Waals surface area (Å²) in [5, 5.41) is 7.58. The van der Waals surface area contributed by atoms with E-state index in [-0.39, 0.29) is 17.4 Å². The highest BCUT2D eigenvalue weighted by atomic mass is 16.2. The lowest BCUT2D eigenvalue weighted by Crippen LogP contribution is -2.55. The van der Waals surface area contributed by atoms with E-state index in [4.69, 9.17) is 0 Å². The Morgan fingerprint density at radius 3 is 2.67 bits per heavy atom. The lowest BCUT2D eigenvalue weighted by molar-refractivity contribution is -0.127. The van der Waals surface area contributed by atoms with Gasteiger partial charge in [-0.15, -0.1) is 0 Å². The number of piperidine rings is 1. The van der Waals surface area contributed by atoms with Crippen LogP contribution in [-0.4, -0.2) is 50.2 Å². The summed E-state index contributed by atoms with van der Waals surface area (Å²) in [6.07, 6.45) is 3.83. The Balaban J connectivity index is 1.90. The largest absolute Gasteiger partial charge is 0.350 e. The van der Waals surface area contributed by atoms with Gasteiger partial charge in [-0.05, 0) is 54.0 Å². The highest BCUT2D eigenvalue weighted by Crippen LogP contribution is 2.19. The van der Waals surface area contributed by atoms with Crippen molar-refractivity contribution in [2.24, 2.45) is 5.92 Å².